The van der Waals surface area contributed by atoms with Crippen molar-refractivity contribution < 1.29 is 13.6 Å². The van der Waals surface area contributed by atoms with E-state index in [9.17, 15) is 13.6 Å². The number of halogens is 3. The molecule has 1 N–H and O–H groups in total. The fourth-order valence-electron chi connectivity index (χ4n) is 1.47. The predicted molar refractivity (Wildman–Crippen MR) is 68.3 cm³/mol. The molecule has 0 saturated carbocycles. The SMILES string of the molecule is Cc1cnc(Cl)c(NC(=O)c2ccc(F)c(F)c2)c1. The Morgan fingerprint density at radius 1 is 1.26 bits per heavy atom. The molecule has 0 atom stereocenters. The molecule has 1 aromatic carbocycles. The molecule has 6 heteroatoms. The average molecular weight is 283 g/mol. The first-order valence-electron chi connectivity index (χ1n) is 5.36. The molecule has 1 heterocycles. The van der Waals surface area contributed by atoms with Crippen molar-refractivity contribution in [2.24, 2.45) is 0 Å². The van der Waals surface area contributed by atoms with Crippen molar-refractivity contribution in [3.05, 3.63) is 58.4 Å². The monoisotopic (exact) mass is 282 g/mol. The zero-order chi connectivity index (χ0) is 14.0. The van der Waals surface area contributed by atoms with Crippen LogP contribution in [0.25, 0.3) is 0 Å². The van der Waals surface area contributed by atoms with Crippen LogP contribution in [0, 0.1) is 18.6 Å². The molecule has 2 aromatic rings. The zero-order valence-electron chi connectivity index (χ0n) is 9.88. The predicted octanol–water partition coefficient (Wildman–Crippen LogP) is 3.57. The molecule has 98 valence electrons. The van der Waals surface area contributed by atoms with Crippen LogP contribution < -0.4 is 5.32 Å². The maximum absolute atomic E-state index is 13.0. The smallest absolute Gasteiger partial charge is 0.255 e. The van der Waals surface area contributed by atoms with E-state index in [1.165, 1.54) is 6.07 Å². The van der Waals surface area contributed by atoms with Gasteiger partial charge in [0.15, 0.2) is 16.8 Å². The Labute approximate surface area is 113 Å². The minimum atomic E-state index is -1.08. The lowest BCUT2D eigenvalue weighted by Gasteiger charge is -2.07. The molecular formula is C13H9ClF2N2O. The molecule has 0 bridgehead atoms. The Hall–Kier alpha value is -2.01. The van der Waals surface area contributed by atoms with Crippen LogP contribution in [0.4, 0.5) is 14.5 Å². The Morgan fingerprint density at radius 2 is 2.00 bits per heavy atom. The standard InChI is InChI=1S/C13H9ClF2N2O/c1-7-4-11(12(14)17-6-7)18-13(19)8-2-3-9(15)10(16)5-8/h2-6H,1H3,(H,18,19). The van der Waals surface area contributed by atoms with Crippen molar-refractivity contribution in [3.63, 3.8) is 0 Å². The number of amides is 1. The highest BCUT2D eigenvalue weighted by Gasteiger charge is 2.12. The van der Waals surface area contributed by atoms with Crippen molar-refractivity contribution >= 4 is 23.2 Å². The molecule has 1 aromatic heterocycles. The fraction of sp³-hybridized carbons (Fsp3) is 0.0769. The summed E-state index contributed by atoms with van der Waals surface area (Å²) >= 11 is 5.82. The largest absolute Gasteiger partial charge is 0.319 e. The Balaban J connectivity index is 2.25. The number of nitrogens with zero attached hydrogens (tertiary/aromatic N) is 1. The van der Waals surface area contributed by atoms with Crippen LogP contribution in [0.1, 0.15) is 15.9 Å². The summed E-state index contributed by atoms with van der Waals surface area (Å²) in [6.45, 7) is 1.79. The van der Waals surface area contributed by atoms with Gasteiger partial charge in [0.25, 0.3) is 5.91 Å². The van der Waals surface area contributed by atoms with E-state index in [1.807, 2.05) is 0 Å². The van der Waals surface area contributed by atoms with Gasteiger partial charge in [0.05, 0.1) is 5.69 Å². The summed E-state index contributed by atoms with van der Waals surface area (Å²) in [4.78, 5) is 15.7. The average Bonchev–Trinajstić information content (AvgIpc) is 2.37. The molecule has 0 aliphatic carbocycles. The van der Waals surface area contributed by atoms with Crippen LogP contribution in [0.3, 0.4) is 0 Å². The number of benzene rings is 1. The van der Waals surface area contributed by atoms with Gasteiger partial charge in [-0.05, 0) is 36.8 Å². The van der Waals surface area contributed by atoms with Gasteiger partial charge in [0.1, 0.15) is 0 Å². The molecule has 2 rings (SSSR count). The van der Waals surface area contributed by atoms with Crippen LogP contribution in [0.5, 0.6) is 0 Å². The third kappa shape index (κ3) is 3.06. The molecule has 1 amide bonds. The number of anilines is 1. The third-order valence-electron chi connectivity index (χ3n) is 2.41. The van der Waals surface area contributed by atoms with Crippen molar-refractivity contribution in [1.82, 2.24) is 4.98 Å². The minimum absolute atomic E-state index is 0.00327. The summed E-state index contributed by atoms with van der Waals surface area (Å²) in [5, 5.41) is 2.62. The molecule has 0 aliphatic rings. The number of nitrogens with one attached hydrogen (secondary N) is 1. The van der Waals surface area contributed by atoms with Crippen LogP contribution in [-0.2, 0) is 0 Å². The van der Waals surface area contributed by atoms with Crippen molar-refractivity contribution in [2.45, 2.75) is 6.92 Å². The van der Waals surface area contributed by atoms with E-state index in [1.54, 1.807) is 19.2 Å². The van der Waals surface area contributed by atoms with E-state index in [2.05, 4.69) is 10.3 Å². The highest BCUT2D eigenvalue weighted by molar-refractivity contribution is 6.32. The maximum atomic E-state index is 13.0. The van der Waals surface area contributed by atoms with Crippen molar-refractivity contribution in [3.8, 4) is 0 Å². The number of carbonyl (C=O) groups is 1. The van der Waals surface area contributed by atoms with E-state index in [0.717, 1.165) is 17.7 Å². The second kappa shape index (κ2) is 5.32. The number of pyridine rings is 1. The van der Waals surface area contributed by atoms with Crippen LogP contribution in [-0.4, -0.2) is 10.9 Å². The first-order chi connectivity index (χ1) is 8.97. The summed E-state index contributed by atoms with van der Waals surface area (Å²) in [6.07, 6.45) is 1.55. The first-order valence-corrected chi connectivity index (χ1v) is 5.73. The van der Waals surface area contributed by atoms with Crippen molar-refractivity contribution in [1.29, 1.82) is 0 Å². The highest BCUT2D eigenvalue weighted by Crippen LogP contribution is 2.20. The van der Waals surface area contributed by atoms with Gasteiger partial charge in [-0.1, -0.05) is 11.6 Å². The molecule has 0 radical (unpaired) electrons. The first kappa shape index (κ1) is 13.4. The molecule has 0 fully saturated rings. The summed E-state index contributed by atoms with van der Waals surface area (Å²) in [5.41, 5.74) is 1.12. The van der Waals surface area contributed by atoms with Gasteiger partial charge in [0, 0.05) is 11.8 Å². The Morgan fingerprint density at radius 3 is 2.68 bits per heavy atom. The van der Waals surface area contributed by atoms with Gasteiger partial charge in [0.2, 0.25) is 0 Å². The number of hydrogen-bond acceptors (Lipinski definition) is 2. The fourth-order valence-corrected chi connectivity index (χ4v) is 1.62. The van der Waals surface area contributed by atoms with Crippen molar-refractivity contribution in [2.75, 3.05) is 5.32 Å². The molecule has 0 unspecified atom stereocenters. The number of hydrogen-bond donors (Lipinski definition) is 1. The lowest BCUT2D eigenvalue weighted by atomic mass is 10.2. The molecule has 3 nitrogen and oxygen atoms in total. The van der Waals surface area contributed by atoms with Gasteiger partial charge < -0.3 is 5.32 Å². The molecule has 0 saturated heterocycles. The molecule has 0 aliphatic heterocycles. The number of aryl methyl sites for hydroxylation is 1. The second-order valence-electron chi connectivity index (χ2n) is 3.93. The van der Waals surface area contributed by atoms with Gasteiger partial charge in [-0.25, -0.2) is 13.8 Å². The summed E-state index contributed by atoms with van der Waals surface area (Å²) in [6, 6.07) is 4.53. The maximum Gasteiger partial charge on any atom is 0.255 e. The molecular weight excluding hydrogens is 274 g/mol. The van der Waals surface area contributed by atoms with E-state index in [0.29, 0.717) is 5.69 Å². The molecule has 19 heavy (non-hydrogen) atoms. The van der Waals surface area contributed by atoms with Gasteiger partial charge in [-0.3, -0.25) is 4.79 Å². The normalized spacial score (nSPS) is 10.3. The van der Waals surface area contributed by atoms with Crippen LogP contribution in [0.2, 0.25) is 5.15 Å². The summed E-state index contributed by atoms with van der Waals surface area (Å²) in [5.74, 6) is -2.68. The van der Waals surface area contributed by atoms with Gasteiger partial charge in [-0.15, -0.1) is 0 Å². The quantitative estimate of drug-likeness (QED) is 0.856. The second-order valence-corrected chi connectivity index (χ2v) is 4.29. The van der Waals surface area contributed by atoms with Crippen LogP contribution in [0.15, 0.2) is 30.5 Å². The van der Waals surface area contributed by atoms with Gasteiger partial charge in [-0.2, -0.15) is 0 Å². The lowest BCUT2D eigenvalue weighted by molar-refractivity contribution is 0.102. The lowest BCUT2D eigenvalue weighted by Crippen LogP contribution is -2.13. The molecule has 0 spiro atoms. The highest BCUT2D eigenvalue weighted by atomic mass is 35.5. The van der Waals surface area contributed by atoms with E-state index >= 15 is 0 Å². The Kier molecular flexibility index (Phi) is 3.76. The Bertz CT molecular complexity index is 647. The van der Waals surface area contributed by atoms with Gasteiger partial charge >= 0.3 is 0 Å². The summed E-state index contributed by atoms with van der Waals surface area (Å²) < 4.78 is 25.8. The number of aromatic nitrogens is 1. The van der Waals surface area contributed by atoms with E-state index in [-0.39, 0.29) is 10.7 Å². The number of rotatable bonds is 2. The summed E-state index contributed by atoms with van der Waals surface area (Å²) in [7, 11) is 0. The number of carbonyl (C=O) groups excluding carboxylic acids is 1. The van der Waals surface area contributed by atoms with E-state index in [4.69, 9.17) is 11.6 Å². The minimum Gasteiger partial charge on any atom is -0.319 e. The van der Waals surface area contributed by atoms with Crippen LogP contribution >= 0.6 is 11.6 Å². The topological polar surface area (TPSA) is 42.0 Å². The zero-order valence-corrected chi connectivity index (χ0v) is 10.6. The van der Waals surface area contributed by atoms with E-state index < -0.39 is 17.5 Å². The third-order valence-corrected chi connectivity index (χ3v) is 2.71.